The van der Waals surface area contributed by atoms with Crippen LogP contribution in [0.4, 0.5) is 10.2 Å². The number of carboxylic acids is 2. The summed E-state index contributed by atoms with van der Waals surface area (Å²) in [4.78, 5) is 34.8. The fraction of sp³-hybridized carbons (Fsp3) is 0.500. The predicted octanol–water partition coefficient (Wildman–Crippen LogP) is 0.428. The number of carbonyl (C=O) groups is 2. The highest BCUT2D eigenvalue weighted by Gasteiger charge is 2.49. The molecular formula is C16H19FN6O6. The monoisotopic (exact) mass is 410 g/mol. The van der Waals surface area contributed by atoms with E-state index in [-0.39, 0.29) is 23.4 Å². The summed E-state index contributed by atoms with van der Waals surface area (Å²) < 4.78 is 26.1. The fourth-order valence-corrected chi connectivity index (χ4v) is 2.58. The smallest absolute Gasteiger partial charge is 0.349 e. The summed E-state index contributed by atoms with van der Waals surface area (Å²) in [6.07, 6.45) is -2.84. The van der Waals surface area contributed by atoms with E-state index >= 15 is 0 Å². The van der Waals surface area contributed by atoms with Crippen molar-refractivity contribution in [1.82, 2.24) is 19.5 Å². The van der Waals surface area contributed by atoms with Crippen LogP contribution in [0, 0.1) is 18.3 Å². The number of aliphatic carboxylic acids is 2. The molecule has 0 aliphatic carbocycles. The summed E-state index contributed by atoms with van der Waals surface area (Å²) in [6.45, 7) is 0.999. The van der Waals surface area contributed by atoms with Gasteiger partial charge in [-0.05, 0) is 6.92 Å². The summed E-state index contributed by atoms with van der Waals surface area (Å²) in [7, 11) is 1.23. The van der Waals surface area contributed by atoms with E-state index in [9.17, 15) is 24.2 Å². The van der Waals surface area contributed by atoms with Gasteiger partial charge in [0.2, 0.25) is 0 Å². The standard InChI is InChI=1S/C16H19FN6O6/c1-8-21-12(19)11-13(22-8)23(7-20-11)10(17)5-9(28-2)6-29-16(3-4-18,14(24)25)15(26)27/h7,9-10H,3,5-6H2,1-2H3,(H,24,25)(H,26,27)(H2,19,21,22). The van der Waals surface area contributed by atoms with Crippen molar-refractivity contribution >= 4 is 28.9 Å². The molecule has 12 nitrogen and oxygen atoms in total. The predicted molar refractivity (Wildman–Crippen MR) is 94.2 cm³/mol. The van der Waals surface area contributed by atoms with Crippen LogP contribution in [-0.4, -0.2) is 67.1 Å². The summed E-state index contributed by atoms with van der Waals surface area (Å²) in [5.74, 6) is -3.28. The van der Waals surface area contributed by atoms with Crippen LogP contribution < -0.4 is 5.73 Å². The molecule has 2 aromatic rings. The molecule has 0 amide bonds. The van der Waals surface area contributed by atoms with Gasteiger partial charge in [-0.2, -0.15) is 5.26 Å². The van der Waals surface area contributed by atoms with Gasteiger partial charge in [-0.15, -0.1) is 0 Å². The molecule has 0 saturated carbocycles. The molecule has 2 rings (SSSR count). The van der Waals surface area contributed by atoms with Crippen molar-refractivity contribution in [2.24, 2.45) is 0 Å². The van der Waals surface area contributed by atoms with Crippen LogP contribution in [0.1, 0.15) is 25.0 Å². The highest BCUT2D eigenvalue weighted by molar-refractivity contribution is 6.02. The Bertz CT molecular complexity index is 943. The van der Waals surface area contributed by atoms with Gasteiger partial charge >= 0.3 is 11.9 Å². The van der Waals surface area contributed by atoms with Crippen molar-refractivity contribution in [2.75, 3.05) is 19.5 Å². The lowest BCUT2D eigenvalue weighted by atomic mass is 10.0. The van der Waals surface area contributed by atoms with Crippen molar-refractivity contribution in [3.63, 3.8) is 0 Å². The average Bonchev–Trinajstić information content (AvgIpc) is 3.07. The molecule has 0 aliphatic rings. The Morgan fingerprint density at radius 2 is 2.07 bits per heavy atom. The number of aromatic nitrogens is 4. The van der Waals surface area contributed by atoms with E-state index < -0.39 is 43.0 Å². The third kappa shape index (κ3) is 4.39. The molecule has 0 radical (unpaired) electrons. The molecule has 2 unspecified atom stereocenters. The van der Waals surface area contributed by atoms with Gasteiger partial charge in [0, 0.05) is 13.5 Å². The summed E-state index contributed by atoms with van der Waals surface area (Å²) in [5, 5.41) is 27.2. The van der Waals surface area contributed by atoms with Gasteiger partial charge < -0.3 is 25.4 Å². The Balaban J connectivity index is 2.18. The van der Waals surface area contributed by atoms with Gasteiger partial charge in [0.1, 0.15) is 11.3 Å². The largest absolute Gasteiger partial charge is 0.479 e. The lowest BCUT2D eigenvalue weighted by molar-refractivity contribution is -0.187. The Morgan fingerprint density at radius 1 is 1.41 bits per heavy atom. The highest BCUT2D eigenvalue weighted by atomic mass is 19.1. The van der Waals surface area contributed by atoms with Crippen molar-refractivity contribution in [1.29, 1.82) is 5.26 Å². The number of nitrogens with zero attached hydrogens (tertiary/aromatic N) is 5. The second kappa shape index (κ2) is 8.76. The number of ether oxygens (including phenoxy) is 2. The topological polar surface area (TPSA) is 186 Å². The molecule has 0 spiro atoms. The van der Waals surface area contributed by atoms with Gasteiger partial charge in [-0.3, -0.25) is 4.57 Å². The first kappa shape index (κ1) is 21.9. The number of alkyl halides is 1. The minimum absolute atomic E-state index is 0.0919. The number of hydrogen-bond donors (Lipinski definition) is 3. The van der Waals surface area contributed by atoms with E-state index in [0.29, 0.717) is 5.82 Å². The Labute approximate surface area is 163 Å². The second-order valence-corrected chi connectivity index (χ2v) is 6.09. The Morgan fingerprint density at radius 3 is 2.62 bits per heavy atom. The van der Waals surface area contributed by atoms with Crippen LogP contribution in [0.5, 0.6) is 0 Å². The Hall–Kier alpha value is -3.37. The molecule has 0 fully saturated rings. The number of fused-ring (bicyclic) bond motifs is 1. The summed E-state index contributed by atoms with van der Waals surface area (Å²) in [5.41, 5.74) is 3.34. The lowest BCUT2D eigenvalue weighted by Crippen LogP contribution is -2.50. The minimum atomic E-state index is -2.78. The van der Waals surface area contributed by atoms with Crippen molar-refractivity contribution < 1.29 is 33.7 Å². The molecule has 0 aromatic carbocycles. The third-order valence-corrected chi connectivity index (χ3v) is 4.19. The molecular weight excluding hydrogens is 391 g/mol. The summed E-state index contributed by atoms with van der Waals surface area (Å²) in [6, 6.07) is 1.47. The van der Waals surface area contributed by atoms with E-state index in [1.807, 2.05) is 0 Å². The molecule has 0 bridgehead atoms. The minimum Gasteiger partial charge on any atom is -0.479 e. The molecule has 4 N–H and O–H groups in total. The molecule has 2 aromatic heterocycles. The van der Waals surface area contributed by atoms with E-state index in [1.165, 1.54) is 19.5 Å². The van der Waals surface area contributed by atoms with Crippen LogP contribution in [-0.2, 0) is 19.1 Å². The Kier molecular flexibility index (Phi) is 6.62. The number of rotatable bonds is 10. The first-order valence-electron chi connectivity index (χ1n) is 8.27. The zero-order valence-electron chi connectivity index (χ0n) is 15.6. The maximum atomic E-state index is 14.9. The SMILES string of the molecule is COC(COC(CC#N)(C(=O)O)C(=O)O)CC(F)n1cnc2c(N)nc(C)nc21. The normalized spacial score (nSPS) is 13.7. The number of nitrogens with two attached hydrogens (primary N) is 1. The average molecular weight is 410 g/mol. The van der Waals surface area contributed by atoms with E-state index in [2.05, 4.69) is 15.0 Å². The van der Waals surface area contributed by atoms with Crippen molar-refractivity contribution in [3.8, 4) is 6.07 Å². The molecule has 0 aliphatic heterocycles. The van der Waals surface area contributed by atoms with E-state index in [4.69, 9.17) is 20.5 Å². The maximum absolute atomic E-state index is 14.9. The number of hydrogen-bond acceptors (Lipinski definition) is 9. The fourth-order valence-electron chi connectivity index (χ4n) is 2.58. The first-order valence-corrected chi connectivity index (χ1v) is 8.27. The zero-order valence-corrected chi connectivity index (χ0v) is 15.6. The van der Waals surface area contributed by atoms with Gasteiger partial charge in [0.15, 0.2) is 17.8 Å². The van der Waals surface area contributed by atoms with E-state index in [1.54, 1.807) is 6.92 Å². The van der Waals surface area contributed by atoms with Crippen LogP contribution in [0.15, 0.2) is 6.33 Å². The van der Waals surface area contributed by atoms with Crippen LogP contribution in [0.3, 0.4) is 0 Å². The molecule has 156 valence electrons. The van der Waals surface area contributed by atoms with Gasteiger partial charge in [-0.1, -0.05) is 0 Å². The van der Waals surface area contributed by atoms with E-state index in [0.717, 1.165) is 4.57 Å². The number of nitrogen functional groups attached to an aromatic ring is 1. The number of carboxylic acid groups (broad SMARTS) is 2. The lowest BCUT2D eigenvalue weighted by Gasteiger charge is -2.26. The number of methoxy groups -OCH3 is 1. The molecule has 29 heavy (non-hydrogen) atoms. The van der Waals surface area contributed by atoms with Crippen molar-refractivity contribution in [3.05, 3.63) is 12.2 Å². The first-order chi connectivity index (χ1) is 13.7. The number of nitriles is 1. The van der Waals surface area contributed by atoms with Crippen LogP contribution >= 0.6 is 0 Å². The number of halogens is 1. The molecule has 13 heteroatoms. The third-order valence-electron chi connectivity index (χ3n) is 4.19. The maximum Gasteiger partial charge on any atom is 0.349 e. The van der Waals surface area contributed by atoms with Crippen molar-refractivity contribution in [2.45, 2.75) is 37.8 Å². The van der Waals surface area contributed by atoms with Gasteiger partial charge in [0.05, 0.1) is 31.5 Å². The van der Waals surface area contributed by atoms with Gasteiger partial charge in [-0.25, -0.2) is 28.9 Å². The summed E-state index contributed by atoms with van der Waals surface area (Å²) >= 11 is 0. The molecule has 0 saturated heterocycles. The number of anilines is 1. The van der Waals surface area contributed by atoms with Crippen LogP contribution in [0.2, 0.25) is 0 Å². The molecule has 2 atom stereocenters. The van der Waals surface area contributed by atoms with Gasteiger partial charge in [0.25, 0.3) is 5.60 Å². The quantitative estimate of drug-likeness (QED) is 0.461. The second-order valence-electron chi connectivity index (χ2n) is 6.09. The number of aryl methyl sites for hydroxylation is 1. The highest BCUT2D eigenvalue weighted by Crippen LogP contribution is 2.25. The molecule has 2 heterocycles. The number of imidazole rings is 1. The zero-order chi connectivity index (χ0) is 21.8. The van der Waals surface area contributed by atoms with Crippen LogP contribution in [0.25, 0.3) is 11.2 Å².